The van der Waals surface area contributed by atoms with Crippen molar-refractivity contribution < 1.29 is 4.79 Å². The molecule has 0 radical (unpaired) electrons. The lowest BCUT2D eigenvalue weighted by molar-refractivity contribution is 0.193. The second-order valence-electron chi connectivity index (χ2n) is 7.33. The van der Waals surface area contributed by atoms with E-state index in [1.165, 1.54) is 0 Å². The van der Waals surface area contributed by atoms with Crippen LogP contribution in [-0.2, 0) is 13.1 Å². The Kier molecular flexibility index (Phi) is 7.10. The Morgan fingerprint density at radius 2 is 2.10 bits per heavy atom. The third-order valence-electron chi connectivity index (χ3n) is 4.77. The van der Waals surface area contributed by atoms with Gasteiger partial charge in [0.2, 0.25) is 0 Å². The molecule has 0 fully saturated rings. The number of aromatic amines is 1. The number of hydrogen-bond donors (Lipinski definition) is 2. The second kappa shape index (κ2) is 9.75. The standard InChI is InChI=1S/C21H27ClN6O2/c1-4-9-27(21(30)23-8-5-10-28-15(3)11-14(2)26-28)13-19-24-18-12-16(22)6-7-17(18)20(29)25-19/h6-7,11-12H,4-5,8-10,13H2,1-3H3,(H,23,30)(H,24,25,29). The molecule has 9 heteroatoms. The summed E-state index contributed by atoms with van der Waals surface area (Å²) in [5, 5.41) is 8.36. The molecule has 1 aromatic carbocycles. The zero-order valence-electron chi connectivity index (χ0n) is 17.5. The molecule has 0 aliphatic rings. The van der Waals surface area contributed by atoms with Crippen molar-refractivity contribution >= 4 is 28.5 Å². The van der Waals surface area contributed by atoms with Crippen LogP contribution in [0.25, 0.3) is 10.9 Å². The molecule has 0 spiro atoms. The number of nitrogens with one attached hydrogen (secondary N) is 2. The molecule has 30 heavy (non-hydrogen) atoms. The smallest absolute Gasteiger partial charge is 0.317 e. The first-order valence-electron chi connectivity index (χ1n) is 10.1. The van der Waals surface area contributed by atoms with Gasteiger partial charge in [-0.15, -0.1) is 0 Å². The van der Waals surface area contributed by atoms with Crippen LogP contribution in [0.3, 0.4) is 0 Å². The number of benzene rings is 1. The number of carbonyl (C=O) groups is 1. The van der Waals surface area contributed by atoms with Crippen LogP contribution < -0.4 is 10.9 Å². The maximum atomic E-state index is 12.7. The number of carbonyl (C=O) groups excluding carboxylic acids is 1. The molecule has 8 nitrogen and oxygen atoms in total. The second-order valence-corrected chi connectivity index (χ2v) is 7.77. The van der Waals surface area contributed by atoms with E-state index in [2.05, 4.69) is 20.4 Å². The lowest BCUT2D eigenvalue weighted by Gasteiger charge is -2.22. The summed E-state index contributed by atoms with van der Waals surface area (Å²) in [6.07, 6.45) is 1.57. The Morgan fingerprint density at radius 3 is 2.80 bits per heavy atom. The van der Waals surface area contributed by atoms with E-state index >= 15 is 0 Å². The Balaban J connectivity index is 1.62. The minimum atomic E-state index is -0.242. The van der Waals surface area contributed by atoms with Gasteiger partial charge in [-0.3, -0.25) is 9.48 Å². The molecule has 0 bridgehead atoms. The Labute approximate surface area is 180 Å². The van der Waals surface area contributed by atoms with E-state index in [0.29, 0.717) is 34.8 Å². The molecule has 0 atom stereocenters. The molecule has 0 saturated carbocycles. The number of aromatic nitrogens is 4. The van der Waals surface area contributed by atoms with Gasteiger partial charge < -0.3 is 15.2 Å². The number of urea groups is 1. The molecule has 3 aromatic rings. The average Bonchev–Trinajstić information content (AvgIpc) is 3.01. The number of H-pyrrole nitrogens is 1. The van der Waals surface area contributed by atoms with Gasteiger partial charge in [-0.2, -0.15) is 5.10 Å². The summed E-state index contributed by atoms with van der Waals surface area (Å²) in [7, 11) is 0. The summed E-state index contributed by atoms with van der Waals surface area (Å²) in [6.45, 7) is 8.04. The van der Waals surface area contributed by atoms with Crippen LogP contribution >= 0.6 is 11.6 Å². The Bertz CT molecular complexity index is 1090. The number of fused-ring (bicyclic) bond motifs is 1. The van der Waals surface area contributed by atoms with Crippen LogP contribution in [0, 0.1) is 13.8 Å². The molecule has 2 aromatic heterocycles. The number of rotatable bonds is 8. The third-order valence-corrected chi connectivity index (χ3v) is 5.00. The number of aryl methyl sites for hydroxylation is 3. The van der Waals surface area contributed by atoms with Crippen molar-refractivity contribution in [1.29, 1.82) is 0 Å². The molecular weight excluding hydrogens is 404 g/mol. The van der Waals surface area contributed by atoms with E-state index in [0.717, 1.165) is 30.8 Å². The lowest BCUT2D eigenvalue weighted by atomic mass is 10.2. The predicted molar refractivity (Wildman–Crippen MR) is 118 cm³/mol. The molecule has 0 saturated heterocycles. The van der Waals surface area contributed by atoms with Crippen molar-refractivity contribution in [3.8, 4) is 0 Å². The fraction of sp³-hybridized carbons (Fsp3) is 0.429. The highest BCUT2D eigenvalue weighted by Crippen LogP contribution is 2.15. The van der Waals surface area contributed by atoms with Gasteiger partial charge in [0.1, 0.15) is 5.82 Å². The van der Waals surface area contributed by atoms with Gasteiger partial charge in [-0.05, 0) is 51.0 Å². The van der Waals surface area contributed by atoms with Gasteiger partial charge in [-0.25, -0.2) is 9.78 Å². The lowest BCUT2D eigenvalue weighted by Crippen LogP contribution is -2.41. The van der Waals surface area contributed by atoms with Crippen LogP contribution in [0.1, 0.15) is 37.0 Å². The number of nitrogens with zero attached hydrogens (tertiary/aromatic N) is 4. The van der Waals surface area contributed by atoms with Crippen LogP contribution in [0.2, 0.25) is 5.02 Å². The summed E-state index contributed by atoms with van der Waals surface area (Å²) in [5.74, 6) is 0.431. The van der Waals surface area contributed by atoms with Gasteiger partial charge in [0.15, 0.2) is 0 Å². The van der Waals surface area contributed by atoms with Crippen LogP contribution in [0.5, 0.6) is 0 Å². The average molecular weight is 431 g/mol. The topological polar surface area (TPSA) is 95.9 Å². The van der Waals surface area contributed by atoms with Crippen LogP contribution in [0.4, 0.5) is 4.79 Å². The Hall–Kier alpha value is -2.87. The normalized spacial score (nSPS) is 11.1. The van der Waals surface area contributed by atoms with Crippen molar-refractivity contribution in [2.75, 3.05) is 13.1 Å². The SMILES string of the molecule is CCCN(Cc1nc2cc(Cl)ccc2c(=O)[nH]1)C(=O)NCCCn1nc(C)cc1C. The first-order chi connectivity index (χ1) is 14.4. The molecule has 2 amide bonds. The molecule has 2 heterocycles. The zero-order valence-corrected chi connectivity index (χ0v) is 18.3. The highest BCUT2D eigenvalue weighted by Gasteiger charge is 2.15. The highest BCUT2D eigenvalue weighted by molar-refractivity contribution is 6.31. The predicted octanol–water partition coefficient (Wildman–Crippen LogP) is 3.40. The van der Waals surface area contributed by atoms with Crippen molar-refractivity contribution in [1.82, 2.24) is 30.0 Å². The number of hydrogen-bond acceptors (Lipinski definition) is 4. The van der Waals surface area contributed by atoms with Gasteiger partial charge in [0, 0.05) is 30.4 Å². The molecule has 0 unspecified atom stereocenters. The molecular formula is C21H27ClN6O2. The minimum Gasteiger partial charge on any atom is -0.338 e. The van der Waals surface area contributed by atoms with E-state index in [4.69, 9.17) is 11.6 Å². The summed E-state index contributed by atoms with van der Waals surface area (Å²) >= 11 is 6.02. The third kappa shape index (κ3) is 5.38. The summed E-state index contributed by atoms with van der Waals surface area (Å²) in [6, 6.07) is 6.81. The highest BCUT2D eigenvalue weighted by atomic mass is 35.5. The van der Waals surface area contributed by atoms with E-state index in [1.807, 2.05) is 31.5 Å². The molecule has 160 valence electrons. The minimum absolute atomic E-state index is 0.181. The van der Waals surface area contributed by atoms with E-state index in [9.17, 15) is 9.59 Å². The van der Waals surface area contributed by atoms with Crippen molar-refractivity contribution in [2.24, 2.45) is 0 Å². The first-order valence-corrected chi connectivity index (χ1v) is 10.5. The fourth-order valence-electron chi connectivity index (χ4n) is 3.38. The number of amides is 2. The summed E-state index contributed by atoms with van der Waals surface area (Å²) in [5.41, 5.74) is 2.37. The summed E-state index contributed by atoms with van der Waals surface area (Å²) in [4.78, 5) is 33.9. The summed E-state index contributed by atoms with van der Waals surface area (Å²) < 4.78 is 1.94. The van der Waals surface area contributed by atoms with E-state index in [-0.39, 0.29) is 18.1 Å². The fourth-order valence-corrected chi connectivity index (χ4v) is 3.54. The van der Waals surface area contributed by atoms with Crippen molar-refractivity contribution in [3.63, 3.8) is 0 Å². The zero-order chi connectivity index (χ0) is 21.7. The van der Waals surface area contributed by atoms with Gasteiger partial charge in [-0.1, -0.05) is 18.5 Å². The maximum Gasteiger partial charge on any atom is 0.317 e. The maximum absolute atomic E-state index is 12.7. The molecule has 0 aliphatic carbocycles. The van der Waals surface area contributed by atoms with Crippen molar-refractivity contribution in [3.05, 3.63) is 56.9 Å². The largest absolute Gasteiger partial charge is 0.338 e. The van der Waals surface area contributed by atoms with E-state index < -0.39 is 0 Å². The van der Waals surface area contributed by atoms with Crippen LogP contribution in [-0.4, -0.2) is 43.8 Å². The van der Waals surface area contributed by atoms with Gasteiger partial charge >= 0.3 is 6.03 Å². The monoisotopic (exact) mass is 430 g/mol. The van der Waals surface area contributed by atoms with E-state index in [1.54, 1.807) is 23.1 Å². The van der Waals surface area contributed by atoms with Gasteiger partial charge in [0.25, 0.3) is 5.56 Å². The van der Waals surface area contributed by atoms with Crippen molar-refractivity contribution in [2.45, 2.75) is 46.7 Å². The first kappa shape index (κ1) is 21.8. The quantitative estimate of drug-likeness (QED) is 0.535. The van der Waals surface area contributed by atoms with Gasteiger partial charge in [0.05, 0.1) is 23.1 Å². The molecule has 3 rings (SSSR count). The molecule has 2 N–H and O–H groups in total. The molecule has 0 aliphatic heterocycles. The Morgan fingerprint density at radius 1 is 1.30 bits per heavy atom. The number of halogens is 1. The van der Waals surface area contributed by atoms with Crippen LogP contribution in [0.15, 0.2) is 29.1 Å².